The molecule has 3 heterocycles. The van der Waals surface area contributed by atoms with Gasteiger partial charge in [-0.3, -0.25) is 9.59 Å². The van der Waals surface area contributed by atoms with Crippen molar-refractivity contribution in [1.29, 1.82) is 0 Å². The van der Waals surface area contributed by atoms with Gasteiger partial charge in [0.05, 0.1) is 11.4 Å². The second-order valence-electron chi connectivity index (χ2n) is 11.8. The SMILES string of the molecule is C[C@H]1CCN(C(=O)c2ccc(-c3ccc4[nH]ccc4c3)c(CCCCN3CCC(NC=O)CC3)c2)c2ccccc2N1. The van der Waals surface area contributed by atoms with Crippen LogP contribution in [-0.4, -0.2) is 60.5 Å². The van der Waals surface area contributed by atoms with Crippen molar-refractivity contribution in [2.75, 3.05) is 36.4 Å². The number of anilines is 2. The largest absolute Gasteiger partial charge is 0.381 e. The first-order chi connectivity index (χ1) is 20.6. The van der Waals surface area contributed by atoms with Gasteiger partial charge in [-0.25, -0.2) is 0 Å². The van der Waals surface area contributed by atoms with Gasteiger partial charge in [0.2, 0.25) is 6.41 Å². The maximum Gasteiger partial charge on any atom is 0.258 e. The van der Waals surface area contributed by atoms with Crippen molar-refractivity contribution in [2.45, 2.75) is 57.5 Å². The van der Waals surface area contributed by atoms with Crippen LogP contribution < -0.4 is 15.5 Å². The van der Waals surface area contributed by atoms with E-state index < -0.39 is 0 Å². The van der Waals surface area contributed by atoms with E-state index in [0.29, 0.717) is 18.6 Å². The number of nitrogens with zero attached hydrogens (tertiary/aromatic N) is 2. The maximum absolute atomic E-state index is 14.0. The number of piperidine rings is 1. The van der Waals surface area contributed by atoms with E-state index in [1.54, 1.807) is 0 Å². The number of carbonyl (C=O) groups excluding carboxylic acids is 2. The number of benzene rings is 3. The van der Waals surface area contributed by atoms with Crippen molar-refractivity contribution < 1.29 is 9.59 Å². The van der Waals surface area contributed by atoms with E-state index in [1.807, 2.05) is 35.4 Å². The molecule has 2 aliphatic rings. The number of aromatic nitrogens is 1. The predicted octanol–water partition coefficient (Wildman–Crippen LogP) is 6.22. The molecule has 7 heteroatoms. The Morgan fingerprint density at radius 3 is 2.69 bits per heavy atom. The molecule has 2 amide bonds. The topological polar surface area (TPSA) is 80.5 Å². The molecule has 42 heavy (non-hydrogen) atoms. The molecule has 0 unspecified atom stereocenters. The molecule has 7 nitrogen and oxygen atoms in total. The molecule has 0 spiro atoms. The molecule has 4 aromatic rings. The van der Waals surface area contributed by atoms with Crippen molar-refractivity contribution in [3.05, 3.63) is 84.1 Å². The lowest BCUT2D eigenvalue weighted by Crippen LogP contribution is -2.42. The number of aryl methyl sites for hydroxylation is 1. The number of para-hydroxylation sites is 2. The van der Waals surface area contributed by atoms with E-state index in [9.17, 15) is 9.59 Å². The van der Waals surface area contributed by atoms with Crippen LogP contribution in [-0.2, 0) is 11.2 Å². The smallest absolute Gasteiger partial charge is 0.258 e. The molecule has 1 aromatic heterocycles. The van der Waals surface area contributed by atoms with Crippen LogP contribution in [0.15, 0.2) is 72.9 Å². The van der Waals surface area contributed by atoms with E-state index in [0.717, 1.165) is 87.0 Å². The number of fused-ring (bicyclic) bond motifs is 2. The standard InChI is InChI=1S/C35H41N5O2/c1-25-14-21-40(34-8-3-2-7-33(34)38-25)35(42)29-9-11-31(27-10-12-32-28(22-27)13-17-36-32)26(23-29)6-4-5-18-39-19-15-30(16-20-39)37-24-41/h2-3,7-13,17,22-25,30,36,38H,4-6,14-16,18-21H2,1H3,(H,37,41)/t25-/m0/s1. The highest BCUT2D eigenvalue weighted by Gasteiger charge is 2.25. The van der Waals surface area contributed by atoms with Crippen molar-refractivity contribution in [3.8, 4) is 11.1 Å². The molecule has 0 aliphatic carbocycles. The maximum atomic E-state index is 14.0. The van der Waals surface area contributed by atoms with Gasteiger partial charge >= 0.3 is 0 Å². The molecule has 0 radical (unpaired) electrons. The third-order valence-corrected chi connectivity index (χ3v) is 8.91. The van der Waals surface area contributed by atoms with Gasteiger partial charge in [0.15, 0.2) is 0 Å². The van der Waals surface area contributed by atoms with Crippen molar-refractivity contribution in [3.63, 3.8) is 0 Å². The Morgan fingerprint density at radius 2 is 1.83 bits per heavy atom. The highest BCUT2D eigenvalue weighted by molar-refractivity contribution is 6.08. The third-order valence-electron chi connectivity index (χ3n) is 8.91. The normalized spacial score (nSPS) is 17.8. The van der Waals surface area contributed by atoms with Gasteiger partial charge in [-0.15, -0.1) is 0 Å². The van der Waals surface area contributed by atoms with Gasteiger partial charge in [0.25, 0.3) is 5.91 Å². The molecule has 0 bridgehead atoms. The van der Waals surface area contributed by atoms with Gasteiger partial charge in [0, 0.05) is 49.0 Å². The minimum Gasteiger partial charge on any atom is -0.381 e. The Hall–Kier alpha value is -4.10. The summed E-state index contributed by atoms with van der Waals surface area (Å²) in [6.45, 7) is 5.98. The Labute approximate surface area is 248 Å². The summed E-state index contributed by atoms with van der Waals surface area (Å²) in [5.74, 6) is 0.0547. The second-order valence-corrected chi connectivity index (χ2v) is 11.8. The molecular formula is C35H41N5O2. The highest BCUT2D eigenvalue weighted by atomic mass is 16.2. The fourth-order valence-electron chi connectivity index (χ4n) is 6.49. The van der Waals surface area contributed by atoms with Gasteiger partial charge in [-0.1, -0.05) is 24.3 Å². The van der Waals surface area contributed by atoms with Crippen molar-refractivity contribution in [1.82, 2.24) is 15.2 Å². The molecule has 2 aliphatic heterocycles. The summed E-state index contributed by atoms with van der Waals surface area (Å²) >= 11 is 0. The molecular weight excluding hydrogens is 522 g/mol. The average molecular weight is 564 g/mol. The van der Waals surface area contributed by atoms with Crippen LogP contribution in [0.4, 0.5) is 11.4 Å². The summed E-state index contributed by atoms with van der Waals surface area (Å²) < 4.78 is 0. The van der Waals surface area contributed by atoms with E-state index in [-0.39, 0.29) is 5.91 Å². The molecule has 3 N–H and O–H groups in total. The zero-order valence-corrected chi connectivity index (χ0v) is 24.4. The Balaban J connectivity index is 1.22. The lowest BCUT2D eigenvalue weighted by Gasteiger charge is -2.31. The summed E-state index contributed by atoms with van der Waals surface area (Å²) in [5, 5.41) is 7.68. The average Bonchev–Trinajstić information content (AvgIpc) is 3.42. The monoisotopic (exact) mass is 563 g/mol. The zero-order valence-electron chi connectivity index (χ0n) is 24.4. The number of aromatic amines is 1. The lowest BCUT2D eigenvalue weighted by atomic mass is 9.93. The lowest BCUT2D eigenvalue weighted by molar-refractivity contribution is -0.110. The van der Waals surface area contributed by atoms with Gasteiger partial charge < -0.3 is 25.4 Å². The van der Waals surface area contributed by atoms with Crippen LogP contribution in [0, 0.1) is 0 Å². The third kappa shape index (κ3) is 6.21. The quantitative estimate of drug-likeness (QED) is 0.167. The molecule has 3 aromatic carbocycles. The van der Waals surface area contributed by atoms with Crippen LogP contribution in [0.3, 0.4) is 0 Å². The van der Waals surface area contributed by atoms with E-state index in [4.69, 9.17) is 0 Å². The molecule has 1 fully saturated rings. The van der Waals surface area contributed by atoms with Crippen LogP contribution >= 0.6 is 0 Å². The van der Waals surface area contributed by atoms with Crippen molar-refractivity contribution in [2.24, 2.45) is 0 Å². The fraction of sp³-hybridized carbons (Fsp3) is 0.371. The Morgan fingerprint density at radius 1 is 0.976 bits per heavy atom. The minimum atomic E-state index is 0.0547. The number of rotatable bonds is 9. The minimum absolute atomic E-state index is 0.0547. The first kappa shape index (κ1) is 28.0. The number of amides is 2. The number of H-pyrrole nitrogens is 1. The predicted molar refractivity (Wildman–Crippen MR) is 171 cm³/mol. The van der Waals surface area contributed by atoms with Crippen molar-refractivity contribution >= 4 is 34.6 Å². The van der Waals surface area contributed by atoms with Crippen LogP contribution in [0.5, 0.6) is 0 Å². The summed E-state index contributed by atoms with van der Waals surface area (Å²) in [4.78, 5) is 32.5. The number of hydrogen-bond donors (Lipinski definition) is 3. The molecule has 1 atom stereocenters. The Bertz CT molecular complexity index is 1540. The summed E-state index contributed by atoms with van der Waals surface area (Å²) in [6.07, 6.45) is 8.80. The number of carbonyl (C=O) groups is 2. The highest BCUT2D eigenvalue weighted by Crippen LogP contribution is 2.33. The first-order valence-electron chi connectivity index (χ1n) is 15.4. The molecule has 1 saturated heterocycles. The number of nitrogens with one attached hydrogen (secondary N) is 3. The Kier molecular flexibility index (Phi) is 8.56. The van der Waals surface area contributed by atoms with E-state index in [1.165, 1.54) is 22.1 Å². The van der Waals surface area contributed by atoms with Gasteiger partial charge in [-0.05, 0) is 117 Å². The number of hydrogen-bond acceptors (Lipinski definition) is 4. The van der Waals surface area contributed by atoms with Crippen LogP contribution in [0.1, 0.15) is 54.9 Å². The fourth-order valence-corrected chi connectivity index (χ4v) is 6.49. The summed E-state index contributed by atoms with van der Waals surface area (Å²) in [5.41, 5.74) is 7.42. The number of unbranched alkanes of at least 4 members (excludes halogenated alkanes) is 1. The molecule has 0 saturated carbocycles. The summed E-state index contributed by atoms with van der Waals surface area (Å²) in [7, 11) is 0. The van der Waals surface area contributed by atoms with Crippen LogP contribution in [0.25, 0.3) is 22.0 Å². The van der Waals surface area contributed by atoms with E-state index >= 15 is 0 Å². The first-order valence-corrected chi connectivity index (χ1v) is 15.4. The van der Waals surface area contributed by atoms with Crippen LogP contribution in [0.2, 0.25) is 0 Å². The van der Waals surface area contributed by atoms with E-state index in [2.05, 4.69) is 69.9 Å². The van der Waals surface area contributed by atoms with Gasteiger partial charge in [-0.2, -0.15) is 0 Å². The van der Waals surface area contributed by atoms with Gasteiger partial charge in [0.1, 0.15) is 0 Å². The molecule has 218 valence electrons. The molecule has 6 rings (SSSR count). The number of likely N-dealkylation sites (tertiary alicyclic amines) is 1. The second kappa shape index (κ2) is 12.8. The zero-order chi connectivity index (χ0) is 28.9. The summed E-state index contributed by atoms with van der Waals surface area (Å²) in [6, 6.07) is 23.7.